The molecule has 0 aliphatic carbocycles. The van der Waals surface area contributed by atoms with E-state index in [9.17, 15) is 13.2 Å². The standard InChI is InChI=1S/C13H16N4O3S/c14-13(16-21(19)20)15-12(18)10-4-6-11(7-5-10)17-8-2-1-3-9-17/h4-7H,1-3,8-9H2,(H2,14,15,18). The largest absolute Gasteiger partial charge is 0.372 e. The molecule has 0 unspecified atom stereocenters. The first-order valence-electron chi connectivity index (χ1n) is 6.61. The van der Waals surface area contributed by atoms with Crippen molar-refractivity contribution >= 4 is 28.1 Å². The van der Waals surface area contributed by atoms with E-state index in [-0.39, 0.29) is 0 Å². The summed E-state index contributed by atoms with van der Waals surface area (Å²) < 4.78 is 23.6. The predicted octanol–water partition coefficient (Wildman–Crippen LogP) is 1.19. The van der Waals surface area contributed by atoms with Crippen LogP contribution in [-0.4, -0.2) is 33.4 Å². The Hall–Kier alpha value is -2.22. The van der Waals surface area contributed by atoms with Gasteiger partial charge < -0.3 is 10.6 Å². The number of carbonyl (C=O) groups excluding carboxylic acids is 1. The lowest BCUT2D eigenvalue weighted by atomic mass is 10.1. The van der Waals surface area contributed by atoms with E-state index in [0.29, 0.717) is 5.56 Å². The van der Waals surface area contributed by atoms with E-state index >= 15 is 0 Å². The SMILES string of the molecule is NC(=NC(=O)c1ccc(N2CCCCC2)cc1)N=S(=O)=O. The van der Waals surface area contributed by atoms with Crippen molar-refractivity contribution in [1.82, 2.24) is 0 Å². The molecule has 8 heteroatoms. The van der Waals surface area contributed by atoms with Crippen molar-refractivity contribution in [3.05, 3.63) is 29.8 Å². The number of anilines is 1. The number of amides is 1. The van der Waals surface area contributed by atoms with Gasteiger partial charge in [-0.15, -0.1) is 0 Å². The molecule has 0 atom stereocenters. The molecule has 0 spiro atoms. The monoisotopic (exact) mass is 308 g/mol. The maximum absolute atomic E-state index is 11.8. The number of piperidine rings is 1. The van der Waals surface area contributed by atoms with Gasteiger partial charge in [0.15, 0.2) is 0 Å². The lowest BCUT2D eigenvalue weighted by Crippen LogP contribution is -2.29. The molecule has 0 radical (unpaired) electrons. The summed E-state index contributed by atoms with van der Waals surface area (Å²) in [4.78, 5) is 17.5. The van der Waals surface area contributed by atoms with Gasteiger partial charge in [-0.3, -0.25) is 4.79 Å². The molecule has 1 aliphatic rings. The Morgan fingerprint density at radius 3 is 2.29 bits per heavy atom. The minimum absolute atomic E-state index is 0.339. The van der Waals surface area contributed by atoms with Crippen molar-refractivity contribution in [3.63, 3.8) is 0 Å². The Morgan fingerprint density at radius 2 is 1.71 bits per heavy atom. The number of nitrogens with zero attached hydrogens (tertiary/aromatic N) is 3. The van der Waals surface area contributed by atoms with Crippen molar-refractivity contribution in [2.45, 2.75) is 19.3 Å². The number of guanidine groups is 1. The van der Waals surface area contributed by atoms with E-state index in [1.165, 1.54) is 19.3 Å². The zero-order valence-corrected chi connectivity index (χ0v) is 12.2. The molecule has 0 bridgehead atoms. The Labute approximate surface area is 124 Å². The number of aliphatic imine (C=N–C) groups is 1. The molecule has 1 aromatic rings. The molecule has 1 heterocycles. The summed E-state index contributed by atoms with van der Waals surface area (Å²) in [6, 6.07) is 7.01. The molecule has 0 aromatic heterocycles. The summed E-state index contributed by atoms with van der Waals surface area (Å²) in [5.41, 5.74) is 6.62. The zero-order valence-electron chi connectivity index (χ0n) is 11.4. The van der Waals surface area contributed by atoms with Gasteiger partial charge >= 0.3 is 10.5 Å². The van der Waals surface area contributed by atoms with Crippen LogP contribution in [0.4, 0.5) is 5.69 Å². The van der Waals surface area contributed by atoms with Gasteiger partial charge in [0.05, 0.1) is 0 Å². The second-order valence-corrected chi connectivity index (χ2v) is 5.29. The number of carbonyl (C=O) groups is 1. The predicted molar refractivity (Wildman–Crippen MR) is 79.8 cm³/mol. The number of nitrogens with two attached hydrogens (primary N) is 1. The van der Waals surface area contributed by atoms with Crippen LogP contribution in [0.15, 0.2) is 33.6 Å². The van der Waals surface area contributed by atoms with Crippen LogP contribution >= 0.6 is 0 Å². The fourth-order valence-electron chi connectivity index (χ4n) is 2.23. The number of rotatable bonds is 2. The molecule has 2 N–H and O–H groups in total. The summed E-state index contributed by atoms with van der Waals surface area (Å²) >= 11 is 0. The number of benzene rings is 1. The van der Waals surface area contributed by atoms with Crippen LogP contribution < -0.4 is 10.6 Å². The Bertz CT molecular complexity index is 666. The van der Waals surface area contributed by atoms with Crippen LogP contribution in [-0.2, 0) is 10.5 Å². The molecule has 7 nitrogen and oxygen atoms in total. The van der Waals surface area contributed by atoms with Gasteiger partial charge in [0, 0.05) is 24.3 Å². The van der Waals surface area contributed by atoms with Gasteiger partial charge in [-0.25, -0.2) is 0 Å². The quantitative estimate of drug-likeness (QED) is 0.652. The van der Waals surface area contributed by atoms with Crippen LogP contribution in [0.25, 0.3) is 0 Å². The molecule has 1 fully saturated rings. The molecule has 21 heavy (non-hydrogen) atoms. The molecule has 112 valence electrons. The van der Waals surface area contributed by atoms with Crippen molar-refractivity contribution < 1.29 is 13.2 Å². The van der Waals surface area contributed by atoms with Gasteiger partial charge in [0.25, 0.3) is 5.91 Å². The van der Waals surface area contributed by atoms with E-state index < -0.39 is 22.4 Å². The molecule has 2 rings (SSSR count). The highest BCUT2D eigenvalue weighted by molar-refractivity contribution is 7.62. The fraction of sp³-hybridized carbons (Fsp3) is 0.385. The summed E-state index contributed by atoms with van der Waals surface area (Å²) in [6.07, 6.45) is 3.61. The summed E-state index contributed by atoms with van der Waals surface area (Å²) in [5, 5.41) is 0. The van der Waals surface area contributed by atoms with E-state index in [2.05, 4.69) is 14.3 Å². The second-order valence-electron chi connectivity index (χ2n) is 4.68. The minimum atomic E-state index is -2.72. The van der Waals surface area contributed by atoms with E-state index in [1.807, 2.05) is 12.1 Å². The first-order chi connectivity index (χ1) is 10.1. The Kier molecular flexibility index (Phi) is 5.04. The highest BCUT2D eigenvalue weighted by atomic mass is 32.2. The lowest BCUT2D eigenvalue weighted by molar-refractivity contribution is 0.100. The average Bonchev–Trinajstić information content (AvgIpc) is 2.47. The summed E-state index contributed by atoms with van der Waals surface area (Å²) in [7, 11) is -2.72. The Balaban J connectivity index is 2.11. The highest BCUT2D eigenvalue weighted by Crippen LogP contribution is 2.20. The lowest BCUT2D eigenvalue weighted by Gasteiger charge is -2.28. The second kappa shape index (κ2) is 6.98. The molecule has 1 aromatic carbocycles. The molecular weight excluding hydrogens is 292 g/mol. The van der Waals surface area contributed by atoms with E-state index in [1.54, 1.807) is 12.1 Å². The third-order valence-electron chi connectivity index (χ3n) is 3.22. The van der Waals surface area contributed by atoms with E-state index in [4.69, 9.17) is 5.73 Å². The van der Waals surface area contributed by atoms with Crippen LogP contribution in [0, 0.1) is 0 Å². The van der Waals surface area contributed by atoms with Crippen LogP contribution in [0.1, 0.15) is 29.6 Å². The molecule has 1 saturated heterocycles. The smallest absolute Gasteiger partial charge is 0.319 e. The van der Waals surface area contributed by atoms with Gasteiger partial charge in [0.2, 0.25) is 5.96 Å². The number of hydrogen-bond acceptors (Lipinski definition) is 4. The van der Waals surface area contributed by atoms with Crippen LogP contribution in [0.2, 0.25) is 0 Å². The normalized spacial score (nSPS) is 15.6. The molecule has 0 saturated carbocycles. The minimum Gasteiger partial charge on any atom is -0.372 e. The van der Waals surface area contributed by atoms with Crippen LogP contribution in [0.3, 0.4) is 0 Å². The zero-order chi connectivity index (χ0) is 15.2. The molecule has 1 aliphatic heterocycles. The number of hydrogen-bond donors (Lipinski definition) is 1. The summed E-state index contributed by atoms with van der Waals surface area (Å²) in [5.74, 6) is -1.19. The first-order valence-corrected chi connectivity index (χ1v) is 7.64. The van der Waals surface area contributed by atoms with Crippen molar-refractivity contribution in [2.75, 3.05) is 18.0 Å². The summed E-state index contributed by atoms with van der Waals surface area (Å²) in [6.45, 7) is 2.04. The first kappa shape index (κ1) is 15.2. The van der Waals surface area contributed by atoms with E-state index in [0.717, 1.165) is 18.8 Å². The van der Waals surface area contributed by atoms with Crippen molar-refractivity contribution in [2.24, 2.45) is 15.1 Å². The third-order valence-corrected chi connectivity index (χ3v) is 3.56. The van der Waals surface area contributed by atoms with Gasteiger partial charge in [0.1, 0.15) is 0 Å². The molecular formula is C13H16N4O3S. The van der Waals surface area contributed by atoms with Gasteiger partial charge in [-0.2, -0.15) is 13.4 Å². The average molecular weight is 308 g/mol. The van der Waals surface area contributed by atoms with Crippen molar-refractivity contribution in [1.29, 1.82) is 0 Å². The fourth-order valence-corrected chi connectivity index (χ4v) is 2.43. The van der Waals surface area contributed by atoms with Crippen LogP contribution in [0.5, 0.6) is 0 Å². The third kappa shape index (κ3) is 4.38. The van der Waals surface area contributed by atoms with Gasteiger partial charge in [-0.1, -0.05) is 4.36 Å². The van der Waals surface area contributed by atoms with Gasteiger partial charge in [-0.05, 0) is 43.5 Å². The maximum Gasteiger partial charge on any atom is 0.319 e. The topological polar surface area (TPSA) is 105 Å². The maximum atomic E-state index is 11.8. The Morgan fingerprint density at radius 1 is 1.10 bits per heavy atom. The highest BCUT2D eigenvalue weighted by Gasteiger charge is 2.12. The molecule has 1 amide bonds. The van der Waals surface area contributed by atoms with Crippen molar-refractivity contribution in [3.8, 4) is 0 Å².